The molecule has 0 radical (unpaired) electrons. The first-order valence-electron chi connectivity index (χ1n) is 12.1. The number of fused-ring (bicyclic) bond motifs is 3. The predicted molar refractivity (Wildman–Crippen MR) is 134 cm³/mol. The van der Waals surface area contributed by atoms with Crippen molar-refractivity contribution in [1.82, 2.24) is 24.1 Å². The number of carbonyl (C=O) groups excluding carboxylic acids is 1. The summed E-state index contributed by atoms with van der Waals surface area (Å²) in [6.07, 6.45) is 4.84. The Bertz CT molecular complexity index is 1120. The predicted octanol–water partition coefficient (Wildman–Crippen LogP) is 3.22. The number of aryl methyl sites for hydroxylation is 1. The van der Waals surface area contributed by atoms with Crippen LogP contribution in [0.3, 0.4) is 0 Å². The van der Waals surface area contributed by atoms with Gasteiger partial charge in [-0.3, -0.25) is 18.9 Å². The van der Waals surface area contributed by atoms with Gasteiger partial charge in [0, 0.05) is 55.6 Å². The van der Waals surface area contributed by atoms with Gasteiger partial charge in [0.05, 0.1) is 38.9 Å². The summed E-state index contributed by atoms with van der Waals surface area (Å²) >= 11 is 0. The average Bonchev–Trinajstić information content (AvgIpc) is 3.23. The summed E-state index contributed by atoms with van der Waals surface area (Å²) in [6, 6.07) is 6.63. The van der Waals surface area contributed by atoms with Gasteiger partial charge in [-0.25, -0.2) is 4.98 Å². The second kappa shape index (κ2) is 10.2. The van der Waals surface area contributed by atoms with Crippen molar-refractivity contribution in [2.75, 3.05) is 58.7 Å². The number of nitrogens with two attached hydrogens (primary N) is 1. The molecular weight excluding hydrogens is 416 g/mol. The Morgan fingerprint density at radius 1 is 1.18 bits per heavy atom. The third-order valence-electron chi connectivity index (χ3n) is 6.85. The van der Waals surface area contributed by atoms with E-state index in [0.29, 0.717) is 25.5 Å². The molecule has 33 heavy (non-hydrogen) atoms. The molecule has 4 rings (SSSR count). The molecule has 0 saturated carbocycles. The topological polar surface area (TPSA) is 86.3 Å². The van der Waals surface area contributed by atoms with E-state index in [9.17, 15) is 4.79 Å². The summed E-state index contributed by atoms with van der Waals surface area (Å²) in [6.45, 7) is 10.9. The van der Waals surface area contributed by atoms with Crippen LogP contribution in [0.5, 0.6) is 0 Å². The van der Waals surface area contributed by atoms with Crippen LogP contribution in [0, 0.1) is 0 Å². The number of piperazine rings is 1. The number of anilines is 1. The molecule has 2 N–H and O–H groups in total. The van der Waals surface area contributed by atoms with Crippen molar-refractivity contribution in [3.63, 3.8) is 0 Å². The maximum Gasteiger partial charge on any atom is 0.152 e. The Hall–Kier alpha value is -2.55. The van der Waals surface area contributed by atoms with E-state index < -0.39 is 0 Å². The van der Waals surface area contributed by atoms with Crippen molar-refractivity contribution in [3.8, 4) is 0 Å². The Morgan fingerprint density at radius 3 is 2.70 bits per heavy atom. The zero-order chi connectivity index (χ0) is 23.4. The molecule has 1 saturated heterocycles. The maximum absolute atomic E-state index is 11.0. The quantitative estimate of drug-likeness (QED) is 0.375. The SMILES string of the molecule is CCCCn1cc2c(n1)c(N)nc1cc([N+]3(C)CCN(CCOCCC(C)=O)CC3)ccc12. The summed E-state index contributed by atoms with van der Waals surface area (Å²) in [4.78, 5) is 18.2. The summed E-state index contributed by atoms with van der Waals surface area (Å²) < 4.78 is 8.49. The zero-order valence-corrected chi connectivity index (χ0v) is 20.2. The van der Waals surface area contributed by atoms with Crippen LogP contribution in [0.15, 0.2) is 24.4 Å². The Kier molecular flexibility index (Phi) is 7.26. The third-order valence-corrected chi connectivity index (χ3v) is 6.85. The molecule has 3 aromatic rings. The standard InChI is InChI=1S/C25H37N6O2/c1-4-5-9-30-18-22-21-7-6-20(17-23(21)27-25(26)24(22)28-30)31(3)13-10-29(11-14-31)12-16-33-15-8-19(2)32/h6-7,17-18H,4-5,8-16H2,1-3H3,(H2,26,27)/q+1. The van der Waals surface area contributed by atoms with E-state index >= 15 is 0 Å². The van der Waals surface area contributed by atoms with Gasteiger partial charge in [0.15, 0.2) is 5.82 Å². The molecular formula is C25H37N6O2+. The fraction of sp³-hybridized carbons (Fsp3) is 0.560. The lowest BCUT2D eigenvalue weighted by Crippen LogP contribution is -2.58. The third kappa shape index (κ3) is 5.34. The van der Waals surface area contributed by atoms with Crippen LogP contribution >= 0.6 is 0 Å². The minimum absolute atomic E-state index is 0.179. The van der Waals surface area contributed by atoms with Gasteiger partial charge in [0.2, 0.25) is 0 Å². The monoisotopic (exact) mass is 453 g/mol. The van der Waals surface area contributed by atoms with Gasteiger partial charge < -0.3 is 10.5 Å². The van der Waals surface area contributed by atoms with Crippen molar-refractivity contribution in [3.05, 3.63) is 24.4 Å². The van der Waals surface area contributed by atoms with Gasteiger partial charge in [-0.05, 0) is 25.5 Å². The molecule has 1 aliphatic heterocycles. The number of nitrogens with zero attached hydrogens (tertiary/aromatic N) is 5. The number of unbranched alkanes of at least 4 members (excludes halogenated alkanes) is 1. The van der Waals surface area contributed by atoms with Gasteiger partial charge in [-0.1, -0.05) is 13.3 Å². The highest BCUT2D eigenvalue weighted by atomic mass is 16.5. The lowest BCUT2D eigenvalue weighted by Gasteiger charge is -2.41. The zero-order valence-electron chi connectivity index (χ0n) is 20.2. The number of likely N-dealkylation sites (N-methyl/N-ethyl adjacent to an activating group) is 1. The molecule has 1 aliphatic rings. The number of pyridine rings is 1. The maximum atomic E-state index is 11.0. The van der Waals surface area contributed by atoms with Crippen LogP contribution in [-0.4, -0.2) is 78.4 Å². The molecule has 8 nitrogen and oxygen atoms in total. The van der Waals surface area contributed by atoms with E-state index in [1.807, 2.05) is 4.68 Å². The number of nitrogen functional groups attached to an aromatic ring is 1. The minimum Gasteiger partial charge on any atom is -0.382 e. The molecule has 0 bridgehead atoms. The lowest BCUT2D eigenvalue weighted by atomic mass is 10.1. The number of quaternary nitrogens is 1. The Labute approximate surface area is 195 Å². The van der Waals surface area contributed by atoms with E-state index in [1.54, 1.807) is 6.92 Å². The summed E-state index contributed by atoms with van der Waals surface area (Å²) in [5.41, 5.74) is 9.30. The fourth-order valence-electron chi connectivity index (χ4n) is 4.54. The first-order chi connectivity index (χ1) is 15.9. The van der Waals surface area contributed by atoms with Crippen molar-refractivity contribution in [1.29, 1.82) is 0 Å². The largest absolute Gasteiger partial charge is 0.382 e. The molecule has 178 valence electrons. The van der Waals surface area contributed by atoms with Crippen LogP contribution in [0.1, 0.15) is 33.1 Å². The molecule has 3 heterocycles. The molecule has 0 amide bonds. The average molecular weight is 454 g/mol. The van der Waals surface area contributed by atoms with Crippen molar-refractivity contribution < 1.29 is 9.53 Å². The number of ether oxygens (including phenoxy) is 1. The van der Waals surface area contributed by atoms with Gasteiger partial charge in [0.25, 0.3) is 0 Å². The summed E-state index contributed by atoms with van der Waals surface area (Å²) in [5.74, 6) is 0.681. The van der Waals surface area contributed by atoms with Crippen molar-refractivity contribution >= 4 is 39.1 Å². The van der Waals surface area contributed by atoms with Crippen LogP contribution in [0.4, 0.5) is 11.5 Å². The molecule has 0 spiro atoms. The number of hydrogen-bond acceptors (Lipinski definition) is 6. The molecule has 0 atom stereocenters. The number of hydrogen-bond donors (Lipinski definition) is 1. The summed E-state index contributed by atoms with van der Waals surface area (Å²) in [7, 11) is 2.30. The fourth-order valence-corrected chi connectivity index (χ4v) is 4.54. The highest BCUT2D eigenvalue weighted by Crippen LogP contribution is 2.32. The van der Waals surface area contributed by atoms with Crippen LogP contribution in [-0.2, 0) is 16.1 Å². The summed E-state index contributed by atoms with van der Waals surface area (Å²) in [5, 5.41) is 6.86. The van der Waals surface area contributed by atoms with E-state index in [-0.39, 0.29) is 5.78 Å². The number of carbonyl (C=O) groups is 1. The first kappa shape index (κ1) is 23.6. The minimum atomic E-state index is 0.179. The van der Waals surface area contributed by atoms with Gasteiger partial charge >= 0.3 is 0 Å². The van der Waals surface area contributed by atoms with E-state index in [0.717, 1.165) is 78.4 Å². The Morgan fingerprint density at radius 2 is 1.97 bits per heavy atom. The second-order valence-corrected chi connectivity index (χ2v) is 9.46. The van der Waals surface area contributed by atoms with Crippen molar-refractivity contribution in [2.24, 2.45) is 0 Å². The highest BCUT2D eigenvalue weighted by Gasteiger charge is 2.31. The van der Waals surface area contributed by atoms with Gasteiger partial charge in [0.1, 0.15) is 17.0 Å². The van der Waals surface area contributed by atoms with E-state index in [4.69, 9.17) is 15.5 Å². The van der Waals surface area contributed by atoms with Gasteiger partial charge in [-0.2, -0.15) is 5.10 Å². The van der Waals surface area contributed by atoms with E-state index in [1.165, 1.54) is 5.69 Å². The number of benzene rings is 1. The lowest BCUT2D eigenvalue weighted by molar-refractivity contribution is -0.118. The Balaban J connectivity index is 1.45. The molecule has 8 heteroatoms. The first-order valence-corrected chi connectivity index (χ1v) is 12.1. The van der Waals surface area contributed by atoms with E-state index in [2.05, 4.69) is 48.4 Å². The highest BCUT2D eigenvalue weighted by molar-refractivity contribution is 6.08. The molecule has 0 unspecified atom stereocenters. The number of Topliss-reactive ketones (excluding diaryl/α,β-unsaturated/α-hetero) is 1. The smallest absolute Gasteiger partial charge is 0.152 e. The molecule has 1 aromatic carbocycles. The second-order valence-electron chi connectivity index (χ2n) is 9.46. The molecule has 0 aliphatic carbocycles. The van der Waals surface area contributed by atoms with Crippen LogP contribution < -0.4 is 10.2 Å². The van der Waals surface area contributed by atoms with Crippen molar-refractivity contribution in [2.45, 2.75) is 39.7 Å². The number of rotatable bonds is 10. The molecule has 2 aromatic heterocycles. The number of aromatic nitrogens is 3. The van der Waals surface area contributed by atoms with Gasteiger partial charge in [-0.15, -0.1) is 0 Å². The van der Waals surface area contributed by atoms with Crippen LogP contribution in [0.25, 0.3) is 21.8 Å². The number of ketones is 1. The normalized spacial score (nSPS) is 16.6. The van der Waals surface area contributed by atoms with Crippen LogP contribution in [0.2, 0.25) is 0 Å². The molecule has 1 fully saturated rings.